The van der Waals surface area contributed by atoms with E-state index in [9.17, 15) is 14.3 Å². The maximum absolute atomic E-state index is 13.1. The summed E-state index contributed by atoms with van der Waals surface area (Å²) >= 11 is 0. The monoisotopic (exact) mass is 295 g/mol. The average molecular weight is 295 g/mol. The number of pyridine rings is 1. The van der Waals surface area contributed by atoms with Gasteiger partial charge in [-0.1, -0.05) is 12.1 Å². The summed E-state index contributed by atoms with van der Waals surface area (Å²) < 4.78 is 13.1. The maximum Gasteiger partial charge on any atom is 0.251 e. The molecule has 0 unspecified atom stereocenters. The lowest BCUT2D eigenvalue weighted by Gasteiger charge is -2.11. The first-order chi connectivity index (χ1) is 10.5. The number of rotatable bonds is 2. The Labute approximate surface area is 126 Å². The molecule has 0 spiro atoms. The van der Waals surface area contributed by atoms with Crippen LogP contribution < -0.4 is 5.56 Å². The van der Waals surface area contributed by atoms with Crippen LogP contribution in [0.2, 0.25) is 0 Å². The molecule has 2 aromatic carbocycles. The number of phenols is 1. The van der Waals surface area contributed by atoms with Crippen LogP contribution in [0.5, 0.6) is 5.75 Å². The van der Waals surface area contributed by atoms with Crippen LogP contribution in [0.1, 0.15) is 5.56 Å². The molecule has 0 bridgehead atoms. The van der Waals surface area contributed by atoms with Crippen molar-refractivity contribution in [2.24, 2.45) is 0 Å². The van der Waals surface area contributed by atoms with Gasteiger partial charge in [-0.3, -0.25) is 4.79 Å². The first-order valence-electron chi connectivity index (χ1n) is 6.84. The molecule has 2 N–H and O–H groups in total. The van der Waals surface area contributed by atoms with Crippen LogP contribution in [-0.4, -0.2) is 10.1 Å². The number of aryl methyl sites for hydroxylation is 1. The molecular weight excluding hydrogens is 281 g/mol. The molecule has 3 nitrogen and oxygen atoms in total. The normalized spacial score (nSPS) is 10.6. The minimum absolute atomic E-state index is 0.154. The van der Waals surface area contributed by atoms with Gasteiger partial charge in [0, 0.05) is 11.1 Å². The number of aromatic nitrogens is 1. The summed E-state index contributed by atoms with van der Waals surface area (Å²) in [4.78, 5) is 14.8. The van der Waals surface area contributed by atoms with E-state index in [1.165, 1.54) is 12.1 Å². The summed E-state index contributed by atoms with van der Waals surface area (Å²) in [5, 5.41) is 9.41. The van der Waals surface area contributed by atoms with Crippen molar-refractivity contribution in [1.29, 1.82) is 0 Å². The summed E-state index contributed by atoms with van der Waals surface area (Å²) in [5.74, 6) is -0.155. The van der Waals surface area contributed by atoms with Gasteiger partial charge in [-0.05, 0) is 60.5 Å². The zero-order valence-corrected chi connectivity index (χ0v) is 11.9. The summed E-state index contributed by atoms with van der Waals surface area (Å²) in [6.45, 7) is 1.73. The Hall–Kier alpha value is -2.88. The highest BCUT2D eigenvalue weighted by Crippen LogP contribution is 2.31. The van der Waals surface area contributed by atoms with Gasteiger partial charge in [0.2, 0.25) is 0 Å². The predicted molar refractivity (Wildman–Crippen MR) is 84.3 cm³/mol. The summed E-state index contributed by atoms with van der Waals surface area (Å²) in [7, 11) is 0. The quantitative estimate of drug-likeness (QED) is 0.754. The second-order valence-electron chi connectivity index (χ2n) is 5.12. The number of nitrogens with one attached hydrogen (secondary N) is 1. The van der Waals surface area contributed by atoms with Crippen molar-refractivity contribution >= 4 is 0 Å². The summed E-state index contributed by atoms with van der Waals surface area (Å²) in [6, 6.07) is 14.5. The number of halogens is 1. The molecule has 0 saturated carbocycles. The van der Waals surface area contributed by atoms with Gasteiger partial charge in [-0.2, -0.15) is 0 Å². The molecule has 0 amide bonds. The lowest BCUT2D eigenvalue weighted by atomic mass is 9.98. The van der Waals surface area contributed by atoms with Crippen molar-refractivity contribution in [1.82, 2.24) is 4.98 Å². The van der Waals surface area contributed by atoms with Gasteiger partial charge in [0.15, 0.2) is 0 Å². The zero-order valence-electron chi connectivity index (χ0n) is 11.9. The number of hydrogen-bond acceptors (Lipinski definition) is 2. The van der Waals surface area contributed by atoms with Gasteiger partial charge in [-0.15, -0.1) is 0 Å². The third-order valence-electron chi connectivity index (χ3n) is 3.54. The minimum Gasteiger partial charge on any atom is -0.508 e. The fourth-order valence-electron chi connectivity index (χ4n) is 2.35. The van der Waals surface area contributed by atoms with E-state index in [0.717, 1.165) is 16.7 Å². The Bertz CT molecular complexity index is 865. The van der Waals surface area contributed by atoms with E-state index in [4.69, 9.17) is 0 Å². The molecule has 110 valence electrons. The molecule has 0 radical (unpaired) electrons. The van der Waals surface area contributed by atoms with Gasteiger partial charge >= 0.3 is 0 Å². The maximum atomic E-state index is 13.1. The summed E-state index contributed by atoms with van der Waals surface area (Å²) in [5.41, 5.74) is 3.44. The molecule has 3 aromatic rings. The molecular formula is C18H14FNO2. The molecule has 0 aliphatic rings. The molecule has 0 saturated heterocycles. The van der Waals surface area contributed by atoms with E-state index >= 15 is 0 Å². The van der Waals surface area contributed by atoms with Gasteiger partial charge in [0.05, 0.1) is 5.69 Å². The molecule has 1 heterocycles. The van der Waals surface area contributed by atoms with Crippen LogP contribution in [0.4, 0.5) is 4.39 Å². The van der Waals surface area contributed by atoms with Crippen molar-refractivity contribution in [3.8, 4) is 28.1 Å². The molecule has 3 rings (SSSR count). The Balaban J connectivity index is 2.24. The summed E-state index contributed by atoms with van der Waals surface area (Å²) in [6.07, 6.45) is 0. The highest BCUT2D eigenvalue weighted by atomic mass is 19.1. The number of benzene rings is 2. The zero-order chi connectivity index (χ0) is 15.7. The fourth-order valence-corrected chi connectivity index (χ4v) is 2.35. The molecule has 0 aliphatic carbocycles. The molecule has 1 aromatic heterocycles. The SMILES string of the molecule is Cc1cc(-c2ccc(F)cc2)c(-c2ccc(O)cc2)[nH]c1=O. The third kappa shape index (κ3) is 2.63. The van der Waals surface area contributed by atoms with Crippen molar-refractivity contribution < 1.29 is 9.50 Å². The Kier molecular flexibility index (Phi) is 3.51. The van der Waals surface area contributed by atoms with Crippen LogP contribution in [0.15, 0.2) is 59.4 Å². The molecule has 22 heavy (non-hydrogen) atoms. The average Bonchev–Trinajstić information content (AvgIpc) is 2.51. The van der Waals surface area contributed by atoms with E-state index in [2.05, 4.69) is 4.98 Å². The molecule has 0 atom stereocenters. The fraction of sp³-hybridized carbons (Fsp3) is 0.0556. The lowest BCUT2D eigenvalue weighted by Crippen LogP contribution is -2.11. The van der Waals surface area contributed by atoms with Gasteiger partial charge < -0.3 is 10.1 Å². The highest BCUT2D eigenvalue weighted by Gasteiger charge is 2.11. The molecule has 0 aliphatic heterocycles. The third-order valence-corrected chi connectivity index (χ3v) is 3.54. The van der Waals surface area contributed by atoms with Crippen molar-refractivity contribution in [2.45, 2.75) is 6.92 Å². The van der Waals surface area contributed by atoms with Crippen molar-refractivity contribution in [3.63, 3.8) is 0 Å². The Morgan fingerprint density at radius 3 is 2.18 bits per heavy atom. The number of phenolic OH excluding ortho intramolecular Hbond substituents is 1. The van der Waals surface area contributed by atoms with Crippen molar-refractivity contribution in [2.75, 3.05) is 0 Å². The largest absolute Gasteiger partial charge is 0.508 e. The highest BCUT2D eigenvalue weighted by molar-refractivity contribution is 5.81. The van der Waals surface area contributed by atoms with E-state index in [1.54, 1.807) is 49.4 Å². The van der Waals surface area contributed by atoms with Gasteiger partial charge in [0.1, 0.15) is 11.6 Å². The van der Waals surface area contributed by atoms with Crippen LogP contribution >= 0.6 is 0 Å². The minimum atomic E-state index is -0.309. The molecule has 0 fully saturated rings. The number of hydrogen-bond donors (Lipinski definition) is 2. The van der Waals surface area contributed by atoms with Crippen LogP contribution in [-0.2, 0) is 0 Å². The van der Waals surface area contributed by atoms with Crippen LogP contribution in [0.25, 0.3) is 22.4 Å². The predicted octanol–water partition coefficient (Wildman–Crippen LogP) is 3.86. The van der Waals surface area contributed by atoms with E-state index in [0.29, 0.717) is 11.3 Å². The second-order valence-corrected chi connectivity index (χ2v) is 5.12. The van der Waals surface area contributed by atoms with Gasteiger partial charge in [-0.25, -0.2) is 4.39 Å². The Morgan fingerprint density at radius 1 is 0.955 bits per heavy atom. The Morgan fingerprint density at radius 2 is 1.55 bits per heavy atom. The topological polar surface area (TPSA) is 53.1 Å². The van der Waals surface area contributed by atoms with E-state index in [-0.39, 0.29) is 17.1 Å². The number of aromatic amines is 1. The first-order valence-corrected chi connectivity index (χ1v) is 6.84. The lowest BCUT2D eigenvalue weighted by molar-refractivity contribution is 0.475. The second kappa shape index (κ2) is 5.48. The molecule has 4 heteroatoms. The van der Waals surface area contributed by atoms with Crippen LogP contribution in [0.3, 0.4) is 0 Å². The number of H-pyrrole nitrogens is 1. The van der Waals surface area contributed by atoms with E-state index < -0.39 is 0 Å². The van der Waals surface area contributed by atoms with E-state index in [1.807, 2.05) is 0 Å². The smallest absolute Gasteiger partial charge is 0.251 e. The first kappa shape index (κ1) is 14.1. The number of aromatic hydroxyl groups is 1. The van der Waals surface area contributed by atoms with Gasteiger partial charge in [0.25, 0.3) is 5.56 Å². The standard InChI is InChI=1S/C18H14FNO2/c1-11-10-16(12-2-6-14(19)7-3-12)17(20-18(11)22)13-4-8-15(21)9-5-13/h2-10,21H,1H3,(H,20,22). The van der Waals surface area contributed by atoms with Crippen LogP contribution in [0, 0.1) is 12.7 Å². The van der Waals surface area contributed by atoms with Crippen molar-refractivity contribution in [3.05, 3.63) is 76.3 Å².